The third-order valence-corrected chi connectivity index (χ3v) is 4.07. The normalized spacial score (nSPS) is 14.3. The maximum Gasteiger partial charge on any atom is 0.0162 e. The van der Waals surface area contributed by atoms with Gasteiger partial charge < -0.3 is 4.90 Å². The average molecular weight is 296 g/mol. The minimum atomic E-state index is 0.721. The van der Waals surface area contributed by atoms with Crippen molar-refractivity contribution < 1.29 is 0 Å². The summed E-state index contributed by atoms with van der Waals surface area (Å²) in [6, 6.07) is 0. The molecule has 0 aromatic rings. The summed E-state index contributed by atoms with van der Waals surface area (Å²) >= 11 is 0. The van der Waals surface area contributed by atoms with Crippen LogP contribution in [0.3, 0.4) is 0 Å². The second-order valence-corrected chi connectivity index (χ2v) is 5.67. The van der Waals surface area contributed by atoms with Gasteiger partial charge in [0, 0.05) is 13.1 Å². The van der Waals surface area contributed by atoms with Crippen LogP contribution in [0.25, 0.3) is 0 Å². The molecular formula is C18H37N3. The molecule has 0 aromatic heterocycles. The van der Waals surface area contributed by atoms with Gasteiger partial charge in [-0.1, -0.05) is 44.6 Å². The minimum Gasteiger partial charge on any atom is -0.303 e. The lowest BCUT2D eigenvalue weighted by Crippen LogP contribution is -2.27. The number of nitrogens with zero attached hydrogens (tertiary/aromatic N) is 1. The fourth-order valence-corrected chi connectivity index (χ4v) is 2.21. The molecule has 0 spiro atoms. The number of hydrogen-bond donors (Lipinski definition) is 2. The van der Waals surface area contributed by atoms with Gasteiger partial charge in [0.2, 0.25) is 0 Å². The molecule has 0 heterocycles. The molecule has 0 aliphatic rings. The molecule has 1 atom stereocenters. The molecule has 1 unspecified atom stereocenters. The van der Waals surface area contributed by atoms with E-state index in [1.54, 1.807) is 5.57 Å². The SMILES string of the molecule is CC/C(=C/CN(C)CC)CCC(C=CCCNNC)CC. The summed E-state index contributed by atoms with van der Waals surface area (Å²) in [5.41, 5.74) is 7.68. The Bertz CT molecular complexity index is 284. The van der Waals surface area contributed by atoms with Gasteiger partial charge in [-0.2, -0.15) is 0 Å². The van der Waals surface area contributed by atoms with Gasteiger partial charge in [0.15, 0.2) is 0 Å². The maximum atomic E-state index is 3.12. The zero-order valence-electron chi connectivity index (χ0n) is 14.9. The van der Waals surface area contributed by atoms with E-state index >= 15 is 0 Å². The molecule has 0 aliphatic carbocycles. The van der Waals surface area contributed by atoms with Crippen LogP contribution >= 0.6 is 0 Å². The van der Waals surface area contributed by atoms with Gasteiger partial charge in [-0.15, -0.1) is 0 Å². The molecule has 0 bridgehead atoms. The molecular weight excluding hydrogens is 258 g/mol. The Balaban J connectivity index is 4.10. The van der Waals surface area contributed by atoms with Crippen molar-refractivity contribution in [2.75, 3.05) is 33.7 Å². The monoisotopic (exact) mass is 295 g/mol. The van der Waals surface area contributed by atoms with E-state index in [0.29, 0.717) is 0 Å². The zero-order valence-corrected chi connectivity index (χ0v) is 14.9. The van der Waals surface area contributed by atoms with E-state index < -0.39 is 0 Å². The minimum absolute atomic E-state index is 0.721. The Morgan fingerprint density at radius 1 is 1.24 bits per heavy atom. The van der Waals surface area contributed by atoms with Crippen molar-refractivity contribution in [1.82, 2.24) is 15.8 Å². The number of allylic oxidation sites excluding steroid dienone is 2. The van der Waals surface area contributed by atoms with Crippen LogP contribution in [0.4, 0.5) is 0 Å². The molecule has 2 N–H and O–H groups in total. The number of rotatable bonds is 13. The molecule has 0 saturated heterocycles. The van der Waals surface area contributed by atoms with E-state index in [-0.39, 0.29) is 0 Å². The van der Waals surface area contributed by atoms with Crippen LogP contribution in [-0.2, 0) is 0 Å². The zero-order chi connectivity index (χ0) is 15.9. The lowest BCUT2D eigenvalue weighted by atomic mass is 9.95. The van der Waals surface area contributed by atoms with E-state index in [2.05, 4.69) is 61.8 Å². The fraction of sp³-hybridized carbons (Fsp3) is 0.778. The van der Waals surface area contributed by atoms with Crippen molar-refractivity contribution in [3.63, 3.8) is 0 Å². The topological polar surface area (TPSA) is 27.3 Å². The Hall–Kier alpha value is -0.640. The summed E-state index contributed by atoms with van der Waals surface area (Å²) in [7, 11) is 4.09. The first kappa shape index (κ1) is 20.4. The standard InChI is InChI=1S/C18H37N3/c1-6-17(11-9-10-15-20-19-4)12-13-18(7-2)14-16-21(5)8-3/h9,11,14,17,19-20H,6-8,10,12-13,15-16H2,1-5H3/b11-9?,18-14-. The number of hydrazine groups is 1. The van der Waals surface area contributed by atoms with Crippen molar-refractivity contribution in [2.45, 2.75) is 52.9 Å². The van der Waals surface area contributed by atoms with Crippen LogP contribution in [-0.4, -0.2) is 38.6 Å². The van der Waals surface area contributed by atoms with E-state index in [1.807, 2.05) is 7.05 Å². The van der Waals surface area contributed by atoms with Crippen LogP contribution in [0.2, 0.25) is 0 Å². The maximum absolute atomic E-state index is 3.12. The summed E-state index contributed by atoms with van der Waals surface area (Å²) in [6.07, 6.45) is 13.2. The molecule has 0 aromatic carbocycles. The summed E-state index contributed by atoms with van der Waals surface area (Å²) in [4.78, 5) is 2.35. The van der Waals surface area contributed by atoms with Gasteiger partial charge >= 0.3 is 0 Å². The first-order chi connectivity index (χ1) is 10.2. The highest BCUT2D eigenvalue weighted by atomic mass is 15.3. The average Bonchev–Trinajstić information content (AvgIpc) is 2.52. The van der Waals surface area contributed by atoms with Crippen LogP contribution < -0.4 is 10.9 Å². The van der Waals surface area contributed by atoms with Crippen LogP contribution in [0.5, 0.6) is 0 Å². The highest BCUT2D eigenvalue weighted by Gasteiger charge is 2.04. The van der Waals surface area contributed by atoms with Crippen LogP contribution in [0.15, 0.2) is 23.8 Å². The molecule has 3 nitrogen and oxygen atoms in total. The second-order valence-electron chi connectivity index (χ2n) is 5.67. The van der Waals surface area contributed by atoms with Gasteiger partial charge in [0.1, 0.15) is 0 Å². The Labute approximate surface area is 132 Å². The number of likely N-dealkylation sites (N-methyl/N-ethyl adjacent to an activating group) is 1. The molecule has 21 heavy (non-hydrogen) atoms. The van der Waals surface area contributed by atoms with Crippen LogP contribution in [0, 0.1) is 5.92 Å². The third kappa shape index (κ3) is 11.7. The fourth-order valence-electron chi connectivity index (χ4n) is 2.21. The van der Waals surface area contributed by atoms with E-state index in [0.717, 1.165) is 32.0 Å². The highest BCUT2D eigenvalue weighted by Crippen LogP contribution is 2.18. The summed E-state index contributed by atoms with van der Waals surface area (Å²) in [6.45, 7) is 9.97. The second kappa shape index (κ2) is 14.3. The Morgan fingerprint density at radius 3 is 2.57 bits per heavy atom. The first-order valence-electron chi connectivity index (χ1n) is 8.60. The van der Waals surface area contributed by atoms with Gasteiger partial charge in [-0.3, -0.25) is 10.9 Å². The molecule has 3 heteroatoms. The Morgan fingerprint density at radius 2 is 2.00 bits per heavy atom. The molecule has 124 valence electrons. The van der Waals surface area contributed by atoms with Gasteiger partial charge in [0.05, 0.1) is 0 Å². The van der Waals surface area contributed by atoms with Crippen molar-refractivity contribution >= 4 is 0 Å². The van der Waals surface area contributed by atoms with Gasteiger partial charge in [-0.05, 0) is 58.7 Å². The van der Waals surface area contributed by atoms with Crippen molar-refractivity contribution in [3.05, 3.63) is 23.8 Å². The lowest BCUT2D eigenvalue weighted by molar-refractivity contribution is 0.390. The predicted molar refractivity (Wildman–Crippen MR) is 95.4 cm³/mol. The van der Waals surface area contributed by atoms with Gasteiger partial charge in [-0.25, -0.2) is 0 Å². The smallest absolute Gasteiger partial charge is 0.0162 e. The summed E-state index contributed by atoms with van der Waals surface area (Å²) in [5, 5.41) is 0. The van der Waals surface area contributed by atoms with E-state index in [9.17, 15) is 0 Å². The van der Waals surface area contributed by atoms with Crippen molar-refractivity contribution in [3.8, 4) is 0 Å². The first-order valence-corrected chi connectivity index (χ1v) is 8.60. The van der Waals surface area contributed by atoms with Gasteiger partial charge in [0.25, 0.3) is 0 Å². The third-order valence-electron chi connectivity index (χ3n) is 4.07. The predicted octanol–water partition coefficient (Wildman–Crippen LogP) is 3.75. The molecule has 0 amide bonds. The quantitative estimate of drug-likeness (QED) is 0.308. The lowest BCUT2D eigenvalue weighted by Gasteiger charge is -2.14. The van der Waals surface area contributed by atoms with Crippen molar-refractivity contribution in [1.29, 1.82) is 0 Å². The Kier molecular flexibility index (Phi) is 13.9. The van der Waals surface area contributed by atoms with Crippen molar-refractivity contribution in [2.24, 2.45) is 5.92 Å². The summed E-state index contributed by atoms with van der Waals surface area (Å²) < 4.78 is 0. The molecule has 0 fully saturated rings. The largest absolute Gasteiger partial charge is 0.303 e. The van der Waals surface area contributed by atoms with E-state index in [4.69, 9.17) is 0 Å². The molecule has 0 radical (unpaired) electrons. The number of hydrogen-bond acceptors (Lipinski definition) is 3. The molecule has 0 rings (SSSR count). The molecule has 0 saturated carbocycles. The van der Waals surface area contributed by atoms with Crippen LogP contribution in [0.1, 0.15) is 52.9 Å². The summed E-state index contributed by atoms with van der Waals surface area (Å²) in [5.74, 6) is 0.721. The highest BCUT2D eigenvalue weighted by molar-refractivity contribution is 5.03. The van der Waals surface area contributed by atoms with E-state index in [1.165, 1.54) is 25.7 Å². The molecule has 0 aliphatic heterocycles. The number of nitrogens with one attached hydrogen (secondary N) is 2.